The standard InChI is InChI=1S/C16H25F2N/c1-11(2)9-19-10-13(12(3)4)8-14-15(17)6-5-7-16(14)18/h5-7,11-13,19H,8-10H2,1-4H3. The van der Waals surface area contributed by atoms with Gasteiger partial charge in [-0.2, -0.15) is 0 Å². The monoisotopic (exact) mass is 269 g/mol. The largest absolute Gasteiger partial charge is 0.316 e. The van der Waals surface area contributed by atoms with Crippen LogP contribution in [0.1, 0.15) is 33.3 Å². The van der Waals surface area contributed by atoms with Crippen LogP contribution < -0.4 is 5.32 Å². The first-order chi connectivity index (χ1) is 8.91. The van der Waals surface area contributed by atoms with Gasteiger partial charge in [-0.05, 0) is 49.4 Å². The van der Waals surface area contributed by atoms with Crippen molar-refractivity contribution in [3.05, 3.63) is 35.4 Å². The molecule has 1 aromatic rings. The van der Waals surface area contributed by atoms with Gasteiger partial charge in [0, 0.05) is 5.56 Å². The van der Waals surface area contributed by atoms with E-state index in [1.165, 1.54) is 18.2 Å². The fourth-order valence-electron chi connectivity index (χ4n) is 2.09. The molecule has 19 heavy (non-hydrogen) atoms. The van der Waals surface area contributed by atoms with E-state index in [-0.39, 0.29) is 11.5 Å². The van der Waals surface area contributed by atoms with Crippen LogP contribution in [-0.2, 0) is 6.42 Å². The molecule has 0 spiro atoms. The highest BCUT2D eigenvalue weighted by atomic mass is 19.1. The second-order valence-corrected chi connectivity index (χ2v) is 5.96. The molecule has 108 valence electrons. The van der Waals surface area contributed by atoms with Crippen molar-refractivity contribution in [3.63, 3.8) is 0 Å². The van der Waals surface area contributed by atoms with Gasteiger partial charge in [-0.3, -0.25) is 0 Å². The maximum Gasteiger partial charge on any atom is 0.129 e. The fraction of sp³-hybridized carbons (Fsp3) is 0.625. The van der Waals surface area contributed by atoms with Crippen molar-refractivity contribution in [1.29, 1.82) is 0 Å². The Kier molecular flexibility index (Phi) is 6.43. The molecule has 0 saturated heterocycles. The topological polar surface area (TPSA) is 12.0 Å². The second-order valence-electron chi connectivity index (χ2n) is 5.96. The van der Waals surface area contributed by atoms with Crippen LogP contribution in [0.25, 0.3) is 0 Å². The van der Waals surface area contributed by atoms with Crippen molar-refractivity contribution in [2.24, 2.45) is 17.8 Å². The van der Waals surface area contributed by atoms with Gasteiger partial charge >= 0.3 is 0 Å². The van der Waals surface area contributed by atoms with Gasteiger partial charge in [0.05, 0.1) is 0 Å². The summed E-state index contributed by atoms with van der Waals surface area (Å²) in [5, 5.41) is 3.38. The summed E-state index contributed by atoms with van der Waals surface area (Å²) in [4.78, 5) is 0. The summed E-state index contributed by atoms with van der Waals surface area (Å²) in [5.74, 6) is 0.339. The van der Waals surface area contributed by atoms with Crippen LogP contribution >= 0.6 is 0 Å². The van der Waals surface area contributed by atoms with Crippen molar-refractivity contribution >= 4 is 0 Å². The highest BCUT2D eigenvalue weighted by Gasteiger charge is 2.18. The molecule has 0 aliphatic heterocycles. The molecule has 0 aliphatic rings. The average Bonchev–Trinajstić information content (AvgIpc) is 2.31. The van der Waals surface area contributed by atoms with Gasteiger partial charge in [0.25, 0.3) is 0 Å². The summed E-state index contributed by atoms with van der Waals surface area (Å²) in [7, 11) is 0. The third kappa shape index (κ3) is 5.27. The van der Waals surface area contributed by atoms with E-state index in [9.17, 15) is 8.78 Å². The Morgan fingerprint density at radius 3 is 2.05 bits per heavy atom. The van der Waals surface area contributed by atoms with E-state index in [1.807, 2.05) is 0 Å². The number of benzene rings is 1. The van der Waals surface area contributed by atoms with E-state index in [1.54, 1.807) is 0 Å². The number of hydrogen-bond acceptors (Lipinski definition) is 1. The first kappa shape index (κ1) is 16.1. The number of nitrogens with one attached hydrogen (secondary N) is 1. The summed E-state index contributed by atoms with van der Waals surface area (Å²) in [5.41, 5.74) is 0.215. The molecular weight excluding hydrogens is 244 g/mol. The minimum Gasteiger partial charge on any atom is -0.316 e. The zero-order valence-corrected chi connectivity index (χ0v) is 12.3. The van der Waals surface area contributed by atoms with Crippen molar-refractivity contribution < 1.29 is 8.78 Å². The molecule has 1 unspecified atom stereocenters. The van der Waals surface area contributed by atoms with Gasteiger partial charge in [-0.1, -0.05) is 33.8 Å². The molecule has 0 amide bonds. The number of rotatable bonds is 7. The van der Waals surface area contributed by atoms with Crippen molar-refractivity contribution in [1.82, 2.24) is 5.32 Å². The van der Waals surface area contributed by atoms with Gasteiger partial charge in [0.15, 0.2) is 0 Å². The molecule has 0 aliphatic carbocycles. The van der Waals surface area contributed by atoms with Crippen molar-refractivity contribution in [2.75, 3.05) is 13.1 Å². The Balaban J connectivity index is 2.68. The maximum absolute atomic E-state index is 13.7. The molecular formula is C16H25F2N. The molecule has 0 aromatic heterocycles. The highest BCUT2D eigenvalue weighted by molar-refractivity contribution is 5.20. The average molecular weight is 269 g/mol. The molecule has 0 radical (unpaired) electrons. The fourth-order valence-corrected chi connectivity index (χ4v) is 2.09. The molecule has 1 atom stereocenters. The maximum atomic E-state index is 13.7. The van der Waals surface area contributed by atoms with Crippen LogP contribution in [0.5, 0.6) is 0 Å². The van der Waals surface area contributed by atoms with E-state index < -0.39 is 11.6 Å². The number of hydrogen-bond donors (Lipinski definition) is 1. The molecule has 0 fully saturated rings. The van der Waals surface area contributed by atoms with E-state index in [0.717, 1.165) is 13.1 Å². The number of halogens is 2. The molecule has 0 bridgehead atoms. The summed E-state index contributed by atoms with van der Waals surface area (Å²) in [6, 6.07) is 4.07. The van der Waals surface area contributed by atoms with Gasteiger partial charge < -0.3 is 5.32 Å². The Morgan fingerprint density at radius 1 is 1.00 bits per heavy atom. The molecule has 1 nitrogen and oxygen atoms in total. The Labute approximate surface area is 115 Å². The lowest BCUT2D eigenvalue weighted by atomic mass is 9.88. The summed E-state index contributed by atoms with van der Waals surface area (Å²) in [6.45, 7) is 10.2. The normalized spacial score (nSPS) is 13.3. The van der Waals surface area contributed by atoms with Crippen LogP contribution in [0.4, 0.5) is 8.78 Å². The smallest absolute Gasteiger partial charge is 0.129 e. The lowest BCUT2D eigenvalue weighted by molar-refractivity contribution is 0.344. The second kappa shape index (κ2) is 7.59. The van der Waals surface area contributed by atoms with E-state index in [2.05, 4.69) is 33.0 Å². The SMILES string of the molecule is CC(C)CNCC(Cc1c(F)cccc1F)C(C)C. The zero-order chi connectivity index (χ0) is 14.4. The Morgan fingerprint density at radius 2 is 1.58 bits per heavy atom. The lowest BCUT2D eigenvalue weighted by Gasteiger charge is -2.22. The molecule has 0 saturated carbocycles. The van der Waals surface area contributed by atoms with Crippen LogP contribution in [0, 0.1) is 29.4 Å². The van der Waals surface area contributed by atoms with Crippen LogP contribution in [0.2, 0.25) is 0 Å². The van der Waals surface area contributed by atoms with Gasteiger partial charge in [-0.15, -0.1) is 0 Å². The first-order valence-electron chi connectivity index (χ1n) is 7.05. The van der Waals surface area contributed by atoms with Crippen LogP contribution in [0.15, 0.2) is 18.2 Å². The Bertz CT molecular complexity index is 368. The molecule has 3 heteroatoms. The van der Waals surface area contributed by atoms with Gasteiger partial charge in [0.1, 0.15) is 11.6 Å². The van der Waals surface area contributed by atoms with Crippen LogP contribution in [0.3, 0.4) is 0 Å². The van der Waals surface area contributed by atoms with Crippen molar-refractivity contribution in [2.45, 2.75) is 34.1 Å². The predicted molar refractivity (Wildman–Crippen MR) is 76.1 cm³/mol. The zero-order valence-electron chi connectivity index (χ0n) is 12.3. The Hall–Kier alpha value is -0.960. The highest BCUT2D eigenvalue weighted by Crippen LogP contribution is 2.21. The minimum absolute atomic E-state index is 0.215. The summed E-state index contributed by atoms with van der Waals surface area (Å²) < 4.78 is 27.3. The third-order valence-corrected chi connectivity index (χ3v) is 3.43. The molecule has 1 aromatic carbocycles. The van der Waals surface area contributed by atoms with Crippen LogP contribution in [-0.4, -0.2) is 13.1 Å². The minimum atomic E-state index is -0.436. The first-order valence-corrected chi connectivity index (χ1v) is 7.05. The van der Waals surface area contributed by atoms with E-state index >= 15 is 0 Å². The van der Waals surface area contributed by atoms with E-state index in [0.29, 0.717) is 18.3 Å². The van der Waals surface area contributed by atoms with Gasteiger partial charge in [-0.25, -0.2) is 8.78 Å². The summed E-state index contributed by atoms with van der Waals surface area (Å²) >= 11 is 0. The molecule has 1 rings (SSSR count). The third-order valence-electron chi connectivity index (χ3n) is 3.43. The quantitative estimate of drug-likeness (QED) is 0.788. The molecule has 0 heterocycles. The lowest BCUT2D eigenvalue weighted by Crippen LogP contribution is -2.30. The van der Waals surface area contributed by atoms with E-state index in [4.69, 9.17) is 0 Å². The van der Waals surface area contributed by atoms with Gasteiger partial charge in [0.2, 0.25) is 0 Å². The predicted octanol–water partition coefficient (Wildman–Crippen LogP) is 4.03. The van der Waals surface area contributed by atoms with Crippen molar-refractivity contribution in [3.8, 4) is 0 Å². The molecule has 1 N–H and O–H groups in total. The summed E-state index contributed by atoms with van der Waals surface area (Å²) in [6.07, 6.45) is 0.446.